The van der Waals surface area contributed by atoms with Crippen molar-refractivity contribution < 1.29 is 27.8 Å². The fourth-order valence-corrected chi connectivity index (χ4v) is 2.98. The Balaban J connectivity index is 1.84. The molecule has 0 aliphatic heterocycles. The Morgan fingerprint density at radius 3 is 2.28 bits per heavy atom. The average Bonchev–Trinajstić information content (AvgIpc) is 2.74. The van der Waals surface area contributed by atoms with Crippen LogP contribution in [0.25, 0.3) is 10.8 Å². The van der Waals surface area contributed by atoms with E-state index in [-0.39, 0.29) is 28.7 Å². The lowest BCUT2D eigenvalue weighted by atomic mass is 10.1. The van der Waals surface area contributed by atoms with Crippen LogP contribution in [0.3, 0.4) is 0 Å². The van der Waals surface area contributed by atoms with Crippen LogP contribution in [0.1, 0.15) is 37.3 Å². The number of para-hydroxylation sites is 2. The van der Waals surface area contributed by atoms with Crippen molar-refractivity contribution in [1.29, 1.82) is 0 Å². The number of nitrogens with one attached hydrogen (secondary N) is 1. The van der Waals surface area contributed by atoms with E-state index in [1.807, 2.05) is 0 Å². The van der Waals surface area contributed by atoms with Crippen molar-refractivity contribution in [2.75, 3.05) is 5.32 Å². The van der Waals surface area contributed by atoms with Crippen LogP contribution in [0.15, 0.2) is 53.3 Å². The average molecular weight is 445 g/mol. The number of benzene rings is 2. The molecule has 0 saturated carbocycles. The fourth-order valence-electron chi connectivity index (χ4n) is 2.98. The first-order valence-corrected chi connectivity index (χ1v) is 9.76. The second-order valence-corrected chi connectivity index (χ2v) is 7.15. The molecule has 168 valence electrons. The largest absolute Gasteiger partial charge is 0.448 e. The lowest BCUT2D eigenvalue weighted by molar-refractivity contribution is -0.123. The molecule has 1 heterocycles. The van der Waals surface area contributed by atoms with E-state index in [2.05, 4.69) is 15.2 Å². The smallest absolute Gasteiger partial charge is 0.387 e. The van der Waals surface area contributed by atoms with Gasteiger partial charge in [-0.05, 0) is 39.0 Å². The number of esters is 1. The van der Waals surface area contributed by atoms with Crippen LogP contribution in [0.5, 0.6) is 5.75 Å². The van der Waals surface area contributed by atoms with Crippen LogP contribution < -0.4 is 15.6 Å². The highest BCUT2D eigenvalue weighted by molar-refractivity contribution is 6.04. The first-order chi connectivity index (χ1) is 15.2. The minimum absolute atomic E-state index is 0.00219. The summed E-state index contributed by atoms with van der Waals surface area (Å²) in [4.78, 5) is 37.9. The number of amides is 1. The van der Waals surface area contributed by atoms with E-state index >= 15 is 0 Å². The number of anilines is 1. The summed E-state index contributed by atoms with van der Waals surface area (Å²) in [5.41, 5.74) is -0.471. The third-order valence-electron chi connectivity index (χ3n) is 4.52. The van der Waals surface area contributed by atoms with E-state index in [9.17, 15) is 23.2 Å². The van der Waals surface area contributed by atoms with Crippen LogP contribution in [0.4, 0.5) is 14.5 Å². The summed E-state index contributed by atoms with van der Waals surface area (Å²) in [6, 6.07) is 11.8. The van der Waals surface area contributed by atoms with Gasteiger partial charge in [0.2, 0.25) is 0 Å². The summed E-state index contributed by atoms with van der Waals surface area (Å²) in [5.74, 6) is -1.90. The molecule has 0 aliphatic rings. The van der Waals surface area contributed by atoms with Crippen molar-refractivity contribution in [1.82, 2.24) is 9.78 Å². The van der Waals surface area contributed by atoms with Crippen LogP contribution >= 0.6 is 0 Å². The van der Waals surface area contributed by atoms with Crippen LogP contribution in [-0.2, 0) is 9.53 Å². The quantitative estimate of drug-likeness (QED) is 0.556. The molecule has 0 aliphatic carbocycles. The molecule has 0 bridgehead atoms. The van der Waals surface area contributed by atoms with Crippen molar-refractivity contribution in [2.45, 2.75) is 39.5 Å². The van der Waals surface area contributed by atoms with Gasteiger partial charge in [-0.3, -0.25) is 9.59 Å². The first kappa shape index (κ1) is 22.9. The molecule has 0 fully saturated rings. The molecule has 1 amide bonds. The maximum Gasteiger partial charge on any atom is 0.387 e. The van der Waals surface area contributed by atoms with E-state index in [0.29, 0.717) is 10.8 Å². The van der Waals surface area contributed by atoms with Gasteiger partial charge in [0.15, 0.2) is 11.8 Å². The predicted molar refractivity (Wildman–Crippen MR) is 113 cm³/mol. The Bertz CT molecular complexity index is 1210. The molecule has 32 heavy (non-hydrogen) atoms. The van der Waals surface area contributed by atoms with Gasteiger partial charge in [-0.15, -0.1) is 0 Å². The molecule has 3 rings (SSSR count). The molecular weight excluding hydrogens is 424 g/mol. The SMILES string of the molecule is CC(OC(=O)c1nn(C(C)C)c(=O)c2ccccc12)C(=O)Nc1ccccc1OC(F)F. The van der Waals surface area contributed by atoms with Crippen LogP contribution in [0, 0.1) is 0 Å². The third-order valence-corrected chi connectivity index (χ3v) is 4.52. The monoisotopic (exact) mass is 445 g/mol. The number of hydrogen-bond donors (Lipinski definition) is 1. The van der Waals surface area contributed by atoms with E-state index in [0.717, 1.165) is 0 Å². The highest BCUT2D eigenvalue weighted by Crippen LogP contribution is 2.26. The predicted octanol–water partition coefficient (Wildman–Crippen LogP) is 3.76. The van der Waals surface area contributed by atoms with Crippen molar-refractivity contribution in [3.8, 4) is 5.75 Å². The van der Waals surface area contributed by atoms with Gasteiger partial charge in [-0.1, -0.05) is 30.3 Å². The highest BCUT2D eigenvalue weighted by atomic mass is 19.3. The Hall–Kier alpha value is -3.82. The van der Waals surface area contributed by atoms with Crippen LogP contribution in [-0.4, -0.2) is 34.4 Å². The molecule has 10 heteroatoms. The summed E-state index contributed by atoms with van der Waals surface area (Å²) >= 11 is 0. The number of carbonyl (C=O) groups excluding carboxylic acids is 2. The van der Waals surface area contributed by atoms with Gasteiger partial charge in [0.25, 0.3) is 11.5 Å². The van der Waals surface area contributed by atoms with E-state index < -0.39 is 24.6 Å². The number of ether oxygens (including phenoxy) is 2. The number of carbonyl (C=O) groups is 2. The van der Waals surface area contributed by atoms with Crippen molar-refractivity contribution in [3.05, 3.63) is 64.6 Å². The standard InChI is InChI=1S/C22H21F2N3O5/c1-12(2)27-20(29)15-9-5-4-8-14(15)18(26-27)21(30)31-13(3)19(28)25-16-10-6-7-11-17(16)32-22(23)24/h4-13,22H,1-3H3,(H,25,28). The van der Waals surface area contributed by atoms with Gasteiger partial charge in [0.1, 0.15) is 5.75 Å². The minimum atomic E-state index is -3.07. The molecule has 1 N–H and O–H groups in total. The van der Waals surface area contributed by atoms with Crippen molar-refractivity contribution >= 4 is 28.3 Å². The van der Waals surface area contributed by atoms with Crippen molar-refractivity contribution in [3.63, 3.8) is 0 Å². The van der Waals surface area contributed by atoms with Gasteiger partial charge >= 0.3 is 12.6 Å². The molecule has 1 aromatic heterocycles. The number of hydrogen-bond acceptors (Lipinski definition) is 6. The molecule has 1 atom stereocenters. The van der Waals surface area contributed by atoms with Gasteiger partial charge in [0, 0.05) is 5.39 Å². The fraction of sp³-hybridized carbons (Fsp3) is 0.273. The lowest BCUT2D eigenvalue weighted by Crippen LogP contribution is -2.32. The van der Waals surface area contributed by atoms with Gasteiger partial charge in [0.05, 0.1) is 17.1 Å². The summed E-state index contributed by atoms with van der Waals surface area (Å²) < 4.78 is 35.9. The first-order valence-electron chi connectivity index (χ1n) is 9.76. The second kappa shape index (κ2) is 9.54. The Morgan fingerprint density at radius 2 is 1.62 bits per heavy atom. The number of halogens is 2. The minimum Gasteiger partial charge on any atom is -0.448 e. The summed E-state index contributed by atoms with van der Waals surface area (Å²) in [7, 11) is 0. The molecule has 1 unspecified atom stereocenters. The zero-order valence-corrected chi connectivity index (χ0v) is 17.5. The highest BCUT2D eigenvalue weighted by Gasteiger charge is 2.24. The molecule has 2 aromatic carbocycles. The third kappa shape index (κ3) is 4.90. The van der Waals surface area contributed by atoms with E-state index in [1.54, 1.807) is 38.1 Å². The number of nitrogens with zero attached hydrogens (tertiary/aromatic N) is 2. The molecule has 8 nitrogen and oxygen atoms in total. The van der Waals surface area contributed by atoms with Gasteiger partial charge in [-0.2, -0.15) is 13.9 Å². The normalized spacial score (nSPS) is 12.1. The molecule has 0 spiro atoms. The summed E-state index contributed by atoms with van der Waals surface area (Å²) in [6.45, 7) is 1.74. The van der Waals surface area contributed by atoms with E-state index in [1.165, 1.54) is 35.9 Å². The lowest BCUT2D eigenvalue weighted by Gasteiger charge is -2.17. The second-order valence-electron chi connectivity index (χ2n) is 7.15. The Kier molecular flexibility index (Phi) is 6.82. The maximum atomic E-state index is 12.8. The molecule has 3 aromatic rings. The number of rotatable bonds is 7. The number of aromatic nitrogens is 2. The van der Waals surface area contributed by atoms with Gasteiger partial charge < -0.3 is 14.8 Å². The Labute approximate surface area is 181 Å². The van der Waals surface area contributed by atoms with Gasteiger partial charge in [-0.25, -0.2) is 9.48 Å². The van der Waals surface area contributed by atoms with Crippen molar-refractivity contribution in [2.24, 2.45) is 0 Å². The van der Waals surface area contributed by atoms with E-state index in [4.69, 9.17) is 4.74 Å². The zero-order valence-electron chi connectivity index (χ0n) is 17.5. The maximum absolute atomic E-state index is 12.8. The van der Waals surface area contributed by atoms with Crippen LogP contribution in [0.2, 0.25) is 0 Å². The summed E-state index contributed by atoms with van der Waals surface area (Å²) in [6.07, 6.45) is -1.29. The molecule has 0 radical (unpaired) electrons. The molecule has 0 saturated heterocycles. The number of alkyl halides is 2. The molecular formula is C22H21F2N3O5. The topological polar surface area (TPSA) is 99.5 Å². The Morgan fingerprint density at radius 1 is 1.00 bits per heavy atom. The number of fused-ring (bicyclic) bond motifs is 1. The zero-order chi connectivity index (χ0) is 23.4. The summed E-state index contributed by atoms with van der Waals surface area (Å²) in [5, 5.41) is 7.12.